The van der Waals surface area contributed by atoms with Gasteiger partial charge in [0.25, 0.3) is 0 Å². The minimum atomic E-state index is 0.0231. The molecule has 164 valence electrons. The quantitative estimate of drug-likeness (QED) is 0.453. The number of anilines is 1. The molecular formula is C27H36N4. The number of aryl methyl sites for hydroxylation is 1. The van der Waals surface area contributed by atoms with Gasteiger partial charge in [0.1, 0.15) is 0 Å². The lowest BCUT2D eigenvalue weighted by atomic mass is 9.75. The number of rotatable bonds is 8. The molecule has 2 N–H and O–H groups in total. The van der Waals surface area contributed by atoms with Gasteiger partial charge in [-0.05, 0) is 90.0 Å². The lowest BCUT2D eigenvalue weighted by Gasteiger charge is -2.30. The van der Waals surface area contributed by atoms with E-state index in [2.05, 4.69) is 68.9 Å². The number of nitrogens with zero attached hydrogens (tertiary/aromatic N) is 3. The highest BCUT2D eigenvalue weighted by atomic mass is 14.7. The zero-order chi connectivity index (χ0) is 22.6. The van der Waals surface area contributed by atoms with E-state index in [0.717, 1.165) is 24.2 Å². The summed E-state index contributed by atoms with van der Waals surface area (Å²) in [4.78, 5) is 13.3. The molecule has 31 heavy (non-hydrogen) atoms. The van der Waals surface area contributed by atoms with E-state index in [9.17, 15) is 0 Å². The Balaban J connectivity index is 1.73. The molecule has 3 heterocycles. The van der Waals surface area contributed by atoms with Gasteiger partial charge in [-0.3, -0.25) is 15.0 Å². The molecule has 4 heteroatoms. The van der Waals surface area contributed by atoms with E-state index < -0.39 is 0 Å². The second-order valence-electron chi connectivity index (χ2n) is 9.78. The van der Waals surface area contributed by atoms with Gasteiger partial charge in [0.15, 0.2) is 0 Å². The van der Waals surface area contributed by atoms with E-state index in [4.69, 9.17) is 10.7 Å². The zero-order valence-corrected chi connectivity index (χ0v) is 19.8. The van der Waals surface area contributed by atoms with Crippen molar-refractivity contribution in [2.75, 3.05) is 5.73 Å². The van der Waals surface area contributed by atoms with Gasteiger partial charge < -0.3 is 5.73 Å². The predicted octanol–water partition coefficient (Wildman–Crippen LogP) is 6.53. The highest BCUT2D eigenvalue weighted by Crippen LogP contribution is 2.36. The van der Waals surface area contributed by atoms with Crippen molar-refractivity contribution in [3.05, 3.63) is 83.2 Å². The first kappa shape index (κ1) is 22.9. The summed E-state index contributed by atoms with van der Waals surface area (Å²) in [5, 5.41) is 0. The molecule has 0 aliphatic carbocycles. The van der Waals surface area contributed by atoms with Crippen LogP contribution in [0.15, 0.2) is 55.1 Å². The number of nitrogens with two attached hydrogens (primary N) is 1. The summed E-state index contributed by atoms with van der Waals surface area (Å²) in [5.41, 5.74) is 12.8. The molecule has 3 unspecified atom stereocenters. The van der Waals surface area contributed by atoms with Gasteiger partial charge in [-0.2, -0.15) is 0 Å². The number of hydrogen-bond donors (Lipinski definition) is 1. The van der Waals surface area contributed by atoms with Gasteiger partial charge in [0, 0.05) is 36.2 Å². The van der Waals surface area contributed by atoms with Gasteiger partial charge in [0.2, 0.25) is 0 Å². The predicted molar refractivity (Wildman–Crippen MR) is 129 cm³/mol. The molecule has 0 spiro atoms. The molecule has 3 aromatic rings. The van der Waals surface area contributed by atoms with Crippen molar-refractivity contribution in [2.24, 2.45) is 0 Å². The number of nitrogen functional groups attached to an aromatic ring is 1. The standard InChI is InChI=1S/C27H36N4/c1-18(22-7-9-30-21(4)12-22)11-19(2)26-14-24(8-10-31-26)27(5,6)15-20(3)23-13-25(28)17-29-16-23/h7-10,12-14,16-20H,11,15,28H2,1-6H3. The zero-order valence-electron chi connectivity index (χ0n) is 19.8. The molecular weight excluding hydrogens is 380 g/mol. The SMILES string of the molecule is Cc1cc(C(C)CC(C)c2cc(C(C)(C)CC(C)c3cncc(N)c3)ccn2)ccn1. The Morgan fingerprint density at radius 1 is 0.871 bits per heavy atom. The van der Waals surface area contributed by atoms with Crippen LogP contribution in [0.5, 0.6) is 0 Å². The largest absolute Gasteiger partial charge is 0.397 e. The normalized spacial score (nSPS) is 14.8. The van der Waals surface area contributed by atoms with Gasteiger partial charge in [-0.15, -0.1) is 0 Å². The maximum absolute atomic E-state index is 5.94. The fourth-order valence-electron chi connectivity index (χ4n) is 4.55. The maximum atomic E-state index is 5.94. The molecule has 0 radical (unpaired) electrons. The average Bonchev–Trinajstić information content (AvgIpc) is 2.73. The molecule has 0 saturated heterocycles. The van der Waals surface area contributed by atoms with Gasteiger partial charge >= 0.3 is 0 Å². The molecule has 0 aliphatic rings. The molecule has 3 aromatic heterocycles. The Morgan fingerprint density at radius 2 is 1.61 bits per heavy atom. The third kappa shape index (κ3) is 5.90. The summed E-state index contributed by atoms with van der Waals surface area (Å²) in [6.45, 7) is 13.5. The van der Waals surface area contributed by atoms with Crippen molar-refractivity contribution in [3.8, 4) is 0 Å². The smallest absolute Gasteiger partial charge is 0.0503 e. The third-order valence-corrected chi connectivity index (χ3v) is 6.43. The van der Waals surface area contributed by atoms with Crippen molar-refractivity contribution in [2.45, 2.75) is 77.6 Å². The number of pyridine rings is 3. The maximum Gasteiger partial charge on any atom is 0.0503 e. The molecule has 0 saturated carbocycles. The van der Waals surface area contributed by atoms with Crippen LogP contribution >= 0.6 is 0 Å². The van der Waals surface area contributed by atoms with Crippen LogP contribution in [0.4, 0.5) is 5.69 Å². The molecule has 3 rings (SSSR count). The summed E-state index contributed by atoms with van der Waals surface area (Å²) in [7, 11) is 0. The Labute approximate surface area is 187 Å². The van der Waals surface area contributed by atoms with Crippen LogP contribution in [0.3, 0.4) is 0 Å². The van der Waals surface area contributed by atoms with Crippen molar-refractivity contribution in [1.82, 2.24) is 15.0 Å². The van der Waals surface area contributed by atoms with E-state index >= 15 is 0 Å². The Kier molecular flexibility index (Phi) is 7.09. The Morgan fingerprint density at radius 3 is 2.32 bits per heavy atom. The van der Waals surface area contributed by atoms with Crippen molar-refractivity contribution < 1.29 is 0 Å². The second-order valence-corrected chi connectivity index (χ2v) is 9.78. The monoisotopic (exact) mass is 416 g/mol. The summed E-state index contributed by atoms with van der Waals surface area (Å²) >= 11 is 0. The third-order valence-electron chi connectivity index (χ3n) is 6.43. The van der Waals surface area contributed by atoms with Crippen LogP contribution in [0, 0.1) is 6.92 Å². The Hall–Kier alpha value is -2.75. The van der Waals surface area contributed by atoms with Crippen LogP contribution in [-0.2, 0) is 5.41 Å². The molecule has 3 atom stereocenters. The van der Waals surface area contributed by atoms with Gasteiger partial charge in [-0.1, -0.05) is 34.6 Å². The van der Waals surface area contributed by atoms with Gasteiger partial charge in [-0.25, -0.2) is 0 Å². The van der Waals surface area contributed by atoms with E-state index in [1.165, 1.54) is 22.4 Å². The van der Waals surface area contributed by atoms with Crippen molar-refractivity contribution >= 4 is 5.69 Å². The summed E-state index contributed by atoms with van der Waals surface area (Å²) in [6, 6.07) is 10.8. The van der Waals surface area contributed by atoms with Crippen molar-refractivity contribution in [1.29, 1.82) is 0 Å². The molecule has 0 aliphatic heterocycles. The Bertz CT molecular complexity index is 1010. The van der Waals surface area contributed by atoms with E-state index in [1.54, 1.807) is 6.20 Å². The van der Waals surface area contributed by atoms with Crippen molar-refractivity contribution in [3.63, 3.8) is 0 Å². The molecule has 0 fully saturated rings. The van der Waals surface area contributed by atoms with Crippen LogP contribution in [0.2, 0.25) is 0 Å². The van der Waals surface area contributed by atoms with Crippen LogP contribution in [-0.4, -0.2) is 15.0 Å². The molecule has 0 amide bonds. The van der Waals surface area contributed by atoms with E-state index in [1.807, 2.05) is 31.6 Å². The molecule has 0 bridgehead atoms. The molecule has 4 nitrogen and oxygen atoms in total. The fraction of sp³-hybridized carbons (Fsp3) is 0.444. The highest BCUT2D eigenvalue weighted by Gasteiger charge is 2.26. The second kappa shape index (κ2) is 9.59. The number of hydrogen-bond acceptors (Lipinski definition) is 4. The van der Waals surface area contributed by atoms with Crippen LogP contribution in [0.25, 0.3) is 0 Å². The summed E-state index contributed by atoms with van der Waals surface area (Å²) < 4.78 is 0. The van der Waals surface area contributed by atoms with Crippen LogP contribution < -0.4 is 5.73 Å². The average molecular weight is 417 g/mol. The van der Waals surface area contributed by atoms with E-state index in [0.29, 0.717) is 17.8 Å². The fourth-order valence-corrected chi connectivity index (χ4v) is 4.55. The minimum absolute atomic E-state index is 0.0231. The first-order valence-corrected chi connectivity index (χ1v) is 11.2. The number of aromatic nitrogens is 3. The van der Waals surface area contributed by atoms with E-state index in [-0.39, 0.29) is 5.41 Å². The molecule has 0 aromatic carbocycles. The topological polar surface area (TPSA) is 64.7 Å². The highest BCUT2D eigenvalue weighted by molar-refractivity contribution is 5.38. The first-order valence-electron chi connectivity index (χ1n) is 11.2. The summed E-state index contributed by atoms with van der Waals surface area (Å²) in [6.07, 6.45) is 9.58. The van der Waals surface area contributed by atoms with Gasteiger partial charge in [0.05, 0.1) is 5.69 Å². The first-order chi connectivity index (χ1) is 14.7. The lowest BCUT2D eigenvalue weighted by molar-refractivity contribution is 0.436. The summed E-state index contributed by atoms with van der Waals surface area (Å²) in [5.74, 6) is 1.22. The lowest BCUT2D eigenvalue weighted by Crippen LogP contribution is -2.21. The minimum Gasteiger partial charge on any atom is -0.397 e. The van der Waals surface area contributed by atoms with Crippen LogP contribution in [0.1, 0.15) is 93.3 Å².